The van der Waals surface area contributed by atoms with Gasteiger partial charge in [0.1, 0.15) is 5.75 Å². The Morgan fingerprint density at radius 2 is 2.00 bits per heavy atom. The summed E-state index contributed by atoms with van der Waals surface area (Å²) in [5.74, 6) is 0.777. The molecule has 0 aliphatic carbocycles. The molecule has 1 heterocycles. The van der Waals surface area contributed by atoms with Gasteiger partial charge in [-0.1, -0.05) is 38.0 Å². The van der Waals surface area contributed by atoms with Crippen LogP contribution >= 0.6 is 0 Å². The molecule has 0 fully saturated rings. The van der Waals surface area contributed by atoms with E-state index in [1.54, 1.807) is 18.2 Å². The maximum absolute atomic E-state index is 12.0. The fraction of sp³-hybridized carbons (Fsp3) is 0.263. The molecule has 3 aromatic rings. The van der Waals surface area contributed by atoms with Crippen LogP contribution in [0.3, 0.4) is 0 Å². The average molecular weight is 324 g/mol. The molecule has 1 aromatic heterocycles. The molecule has 3 rings (SSSR count). The van der Waals surface area contributed by atoms with E-state index in [0.29, 0.717) is 17.5 Å². The number of fused-ring (bicyclic) bond motifs is 1. The van der Waals surface area contributed by atoms with Crippen molar-refractivity contribution in [2.75, 3.05) is 11.9 Å². The first-order chi connectivity index (χ1) is 11.8. The van der Waals surface area contributed by atoms with Crippen LogP contribution in [0.4, 0.5) is 11.7 Å². The molecule has 5 nitrogen and oxygen atoms in total. The number of unbranched alkanes of at least 4 members (excludes halogenated alkanes) is 2. The number of anilines is 2. The number of hydrogen-bond acceptors (Lipinski definition) is 5. The quantitative estimate of drug-likeness (QED) is 0.648. The van der Waals surface area contributed by atoms with E-state index in [1.807, 2.05) is 30.3 Å². The van der Waals surface area contributed by atoms with Crippen LogP contribution in [0.1, 0.15) is 26.2 Å². The smallest absolute Gasteiger partial charge is 0.348 e. The monoisotopic (exact) mass is 324 g/mol. The second-order valence-electron chi connectivity index (χ2n) is 5.53. The number of nitrogens with zero attached hydrogens (tertiary/aromatic N) is 1. The third-order valence-electron chi connectivity index (χ3n) is 3.64. The Bertz CT molecular complexity index is 874. The van der Waals surface area contributed by atoms with Gasteiger partial charge in [0.25, 0.3) is 0 Å². The van der Waals surface area contributed by atoms with Crippen molar-refractivity contribution in [2.24, 2.45) is 0 Å². The zero-order valence-electron chi connectivity index (χ0n) is 13.6. The Kier molecular flexibility index (Phi) is 5.11. The lowest BCUT2D eigenvalue weighted by Crippen LogP contribution is -2.05. The van der Waals surface area contributed by atoms with Crippen molar-refractivity contribution in [3.63, 3.8) is 0 Å². The molecule has 0 aliphatic rings. The molecule has 0 radical (unpaired) electrons. The van der Waals surface area contributed by atoms with E-state index in [1.165, 1.54) is 0 Å². The Morgan fingerprint density at radius 1 is 1.12 bits per heavy atom. The summed E-state index contributed by atoms with van der Waals surface area (Å²) < 4.78 is 11.0. The zero-order valence-corrected chi connectivity index (χ0v) is 13.6. The summed E-state index contributed by atoms with van der Waals surface area (Å²) in [5, 5.41) is 3.49. The minimum atomic E-state index is -0.407. The van der Waals surface area contributed by atoms with Gasteiger partial charge in [-0.15, -0.1) is 0 Å². The number of para-hydroxylation sites is 1. The highest BCUT2D eigenvalue weighted by atomic mass is 16.5. The Balaban J connectivity index is 1.75. The standard InChI is InChI=1S/C19H20N2O3/c1-2-3-6-12-23-15-9-7-8-14(13-15)20-19-21-17-11-5-4-10-16(17)18(22)24-19/h4-5,7-11,13H,2-3,6,12H2,1H3,(H,20,21). The van der Waals surface area contributed by atoms with E-state index in [4.69, 9.17) is 9.15 Å². The fourth-order valence-electron chi connectivity index (χ4n) is 2.40. The number of nitrogens with one attached hydrogen (secondary N) is 1. The van der Waals surface area contributed by atoms with Gasteiger partial charge >= 0.3 is 11.6 Å². The number of aromatic nitrogens is 1. The molecular weight excluding hydrogens is 304 g/mol. The molecule has 0 saturated carbocycles. The second-order valence-corrected chi connectivity index (χ2v) is 5.53. The summed E-state index contributed by atoms with van der Waals surface area (Å²) in [6, 6.07) is 14.8. The summed E-state index contributed by atoms with van der Waals surface area (Å²) in [5.41, 5.74) is 0.951. The Labute approximate surface area is 140 Å². The lowest BCUT2D eigenvalue weighted by Gasteiger charge is -2.09. The average Bonchev–Trinajstić information content (AvgIpc) is 2.59. The molecule has 0 amide bonds. The van der Waals surface area contributed by atoms with Gasteiger partial charge < -0.3 is 14.5 Å². The van der Waals surface area contributed by atoms with Crippen LogP contribution in [0.5, 0.6) is 5.75 Å². The van der Waals surface area contributed by atoms with Gasteiger partial charge in [0.2, 0.25) is 0 Å². The van der Waals surface area contributed by atoms with Crippen LogP contribution in [0.15, 0.2) is 57.7 Å². The molecule has 1 N–H and O–H groups in total. The summed E-state index contributed by atoms with van der Waals surface area (Å²) >= 11 is 0. The van der Waals surface area contributed by atoms with Gasteiger partial charge in [-0.3, -0.25) is 0 Å². The van der Waals surface area contributed by atoms with E-state index in [2.05, 4.69) is 17.2 Å². The number of rotatable bonds is 7. The van der Waals surface area contributed by atoms with E-state index in [0.717, 1.165) is 30.7 Å². The lowest BCUT2D eigenvalue weighted by molar-refractivity contribution is 0.306. The maximum Gasteiger partial charge on any atom is 0.348 e. The highest BCUT2D eigenvalue weighted by Gasteiger charge is 2.06. The van der Waals surface area contributed by atoms with E-state index in [9.17, 15) is 4.79 Å². The Morgan fingerprint density at radius 3 is 2.88 bits per heavy atom. The van der Waals surface area contributed by atoms with Crippen molar-refractivity contribution in [3.05, 3.63) is 59.0 Å². The third kappa shape index (κ3) is 3.93. The maximum atomic E-state index is 12.0. The van der Waals surface area contributed by atoms with Crippen molar-refractivity contribution in [2.45, 2.75) is 26.2 Å². The van der Waals surface area contributed by atoms with E-state index >= 15 is 0 Å². The fourth-order valence-corrected chi connectivity index (χ4v) is 2.40. The van der Waals surface area contributed by atoms with Crippen molar-refractivity contribution in [1.29, 1.82) is 0 Å². The first-order valence-electron chi connectivity index (χ1n) is 8.16. The molecule has 0 unspecified atom stereocenters. The first kappa shape index (κ1) is 16.1. The lowest BCUT2D eigenvalue weighted by atomic mass is 10.2. The van der Waals surface area contributed by atoms with Crippen molar-refractivity contribution in [1.82, 2.24) is 4.98 Å². The molecule has 0 saturated heterocycles. The van der Waals surface area contributed by atoms with Gasteiger partial charge in [0.15, 0.2) is 0 Å². The highest BCUT2D eigenvalue weighted by Crippen LogP contribution is 2.21. The third-order valence-corrected chi connectivity index (χ3v) is 3.64. The van der Waals surface area contributed by atoms with Crippen LogP contribution in [-0.4, -0.2) is 11.6 Å². The minimum absolute atomic E-state index is 0.168. The number of hydrogen-bond donors (Lipinski definition) is 1. The van der Waals surface area contributed by atoms with Gasteiger partial charge in [-0.25, -0.2) is 4.79 Å². The summed E-state index contributed by atoms with van der Waals surface area (Å²) in [6.45, 7) is 2.86. The van der Waals surface area contributed by atoms with E-state index < -0.39 is 5.63 Å². The molecule has 5 heteroatoms. The van der Waals surface area contributed by atoms with Crippen LogP contribution in [0, 0.1) is 0 Å². The summed E-state index contributed by atoms with van der Waals surface area (Å²) in [6.07, 6.45) is 3.36. The molecule has 0 bridgehead atoms. The van der Waals surface area contributed by atoms with Gasteiger partial charge in [0.05, 0.1) is 17.5 Å². The molecule has 24 heavy (non-hydrogen) atoms. The molecule has 0 atom stereocenters. The molecule has 0 spiro atoms. The molecule has 124 valence electrons. The predicted octanol–water partition coefficient (Wildman–Crippen LogP) is 4.50. The molecular formula is C19H20N2O3. The van der Waals surface area contributed by atoms with Crippen molar-refractivity contribution >= 4 is 22.6 Å². The largest absolute Gasteiger partial charge is 0.494 e. The minimum Gasteiger partial charge on any atom is -0.494 e. The van der Waals surface area contributed by atoms with Gasteiger partial charge in [0, 0.05) is 11.8 Å². The van der Waals surface area contributed by atoms with Crippen molar-refractivity contribution in [3.8, 4) is 5.75 Å². The first-order valence-corrected chi connectivity index (χ1v) is 8.16. The Hall–Kier alpha value is -2.82. The highest BCUT2D eigenvalue weighted by molar-refractivity contribution is 5.78. The van der Waals surface area contributed by atoms with Crippen LogP contribution in [0.2, 0.25) is 0 Å². The van der Waals surface area contributed by atoms with Gasteiger partial charge in [-0.2, -0.15) is 4.98 Å². The van der Waals surface area contributed by atoms with Crippen LogP contribution in [-0.2, 0) is 0 Å². The second kappa shape index (κ2) is 7.64. The van der Waals surface area contributed by atoms with Gasteiger partial charge in [-0.05, 0) is 30.7 Å². The number of benzene rings is 2. The molecule has 2 aromatic carbocycles. The zero-order chi connectivity index (χ0) is 16.8. The van der Waals surface area contributed by atoms with Crippen molar-refractivity contribution < 1.29 is 9.15 Å². The van der Waals surface area contributed by atoms with Crippen LogP contribution in [0.25, 0.3) is 10.9 Å². The molecule has 0 aliphatic heterocycles. The summed E-state index contributed by atoms with van der Waals surface area (Å²) in [4.78, 5) is 16.3. The van der Waals surface area contributed by atoms with E-state index in [-0.39, 0.29) is 6.01 Å². The van der Waals surface area contributed by atoms with Crippen LogP contribution < -0.4 is 15.7 Å². The number of ether oxygens (including phenoxy) is 1. The predicted molar refractivity (Wildman–Crippen MR) is 95.0 cm³/mol. The SMILES string of the molecule is CCCCCOc1cccc(Nc2nc3ccccc3c(=O)o2)c1. The normalized spacial score (nSPS) is 10.7. The topological polar surface area (TPSA) is 64.4 Å². The summed E-state index contributed by atoms with van der Waals surface area (Å²) in [7, 11) is 0.